The average molecular weight is 251 g/mol. The molecule has 1 unspecified atom stereocenters. The van der Waals surface area contributed by atoms with Gasteiger partial charge in [-0.2, -0.15) is 0 Å². The lowest BCUT2D eigenvalue weighted by molar-refractivity contribution is -0.133. The number of hydrogen-bond donors (Lipinski definition) is 1. The summed E-state index contributed by atoms with van der Waals surface area (Å²) in [6.07, 6.45) is 3.43. The number of ether oxygens (including phenoxy) is 1. The summed E-state index contributed by atoms with van der Waals surface area (Å²) in [4.78, 5) is 22.8. The fraction of sp³-hybridized carbons (Fsp3) is 0.385. The van der Waals surface area contributed by atoms with E-state index in [9.17, 15) is 9.59 Å². The third-order valence-electron chi connectivity index (χ3n) is 2.81. The summed E-state index contributed by atoms with van der Waals surface area (Å²) in [6.45, 7) is 1.87. The van der Waals surface area contributed by atoms with E-state index in [0.717, 1.165) is 0 Å². The molecule has 1 N–H and O–H groups in total. The number of rotatable bonds is 5. The number of aromatic nitrogens is 1. The first kappa shape index (κ1) is 14.0. The molecule has 5 heteroatoms. The standard InChI is InChI=1S/C13H17NO4/c1-4-10(11(8-18-3)13(16)17)9-5-6-14(2)12(15)7-9/h5-8,10H,4H2,1-3H3,(H,16,17). The van der Waals surface area contributed by atoms with Crippen LogP contribution in [0.2, 0.25) is 0 Å². The monoisotopic (exact) mass is 251 g/mol. The van der Waals surface area contributed by atoms with Crippen molar-refractivity contribution in [2.75, 3.05) is 7.11 Å². The number of nitrogens with zero attached hydrogens (tertiary/aromatic N) is 1. The molecule has 0 fully saturated rings. The number of carboxylic acid groups (broad SMARTS) is 1. The summed E-state index contributed by atoms with van der Waals surface area (Å²) >= 11 is 0. The van der Waals surface area contributed by atoms with Crippen molar-refractivity contribution in [3.63, 3.8) is 0 Å². The fourth-order valence-electron chi connectivity index (χ4n) is 1.82. The first-order valence-corrected chi connectivity index (χ1v) is 5.64. The van der Waals surface area contributed by atoms with E-state index in [4.69, 9.17) is 9.84 Å². The lowest BCUT2D eigenvalue weighted by Gasteiger charge is -2.16. The maximum absolute atomic E-state index is 11.6. The first-order chi connectivity index (χ1) is 8.51. The van der Waals surface area contributed by atoms with Crippen molar-refractivity contribution < 1.29 is 14.6 Å². The second kappa shape index (κ2) is 6.05. The molecular weight excluding hydrogens is 234 g/mol. The second-order valence-corrected chi connectivity index (χ2v) is 3.98. The van der Waals surface area contributed by atoms with Crippen molar-refractivity contribution in [3.8, 4) is 0 Å². The Morgan fingerprint density at radius 1 is 1.61 bits per heavy atom. The van der Waals surface area contributed by atoms with Crippen molar-refractivity contribution in [3.05, 3.63) is 46.1 Å². The van der Waals surface area contributed by atoms with Crippen molar-refractivity contribution in [2.45, 2.75) is 19.3 Å². The molecule has 0 spiro atoms. The van der Waals surface area contributed by atoms with Gasteiger partial charge in [0.15, 0.2) is 0 Å². The van der Waals surface area contributed by atoms with Gasteiger partial charge in [-0.15, -0.1) is 0 Å². The molecule has 1 rings (SSSR count). The SMILES string of the molecule is CCC(C(=COC)C(=O)O)c1ccn(C)c(=O)c1. The molecule has 1 aromatic rings. The first-order valence-electron chi connectivity index (χ1n) is 5.64. The molecule has 5 nitrogen and oxygen atoms in total. The van der Waals surface area contributed by atoms with Gasteiger partial charge in [0.2, 0.25) is 0 Å². The van der Waals surface area contributed by atoms with Crippen LogP contribution in [0.1, 0.15) is 24.8 Å². The Balaban J connectivity index is 3.23. The zero-order valence-electron chi connectivity index (χ0n) is 10.7. The highest BCUT2D eigenvalue weighted by atomic mass is 16.5. The Morgan fingerprint density at radius 3 is 2.72 bits per heavy atom. The van der Waals surface area contributed by atoms with Crippen LogP contribution in [0.3, 0.4) is 0 Å². The van der Waals surface area contributed by atoms with Crippen LogP contribution in [0.4, 0.5) is 0 Å². The smallest absolute Gasteiger partial charge is 0.335 e. The predicted octanol–water partition coefficient (Wildman–Crippen LogP) is 1.49. The van der Waals surface area contributed by atoms with Crippen LogP contribution in [0.25, 0.3) is 0 Å². The highest BCUT2D eigenvalue weighted by Gasteiger charge is 2.21. The molecule has 98 valence electrons. The van der Waals surface area contributed by atoms with Crippen LogP contribution in [0, 0.1) is 0 Å². The van der Waals surface area contributed by atoms with E-state index >= 15 is 0 Å². The predicted molar refractivity (Wildman–Crippen MR) is 67.4 cm³/mol. The molecule has 0 amide bonds. The Kier molecular flexibility index (Phi) is 4.71. The second-order valence-electron chi connectivity index (χ2n) is 3.98. The van der Waals surface area contributed by atoms with E-state index in [1.165, 1.54) is 24.0 Å². The molecule has 0 saturated carbocycles. The van der Waals surface area contributed by atoms with Crippen LogP contribution in [-0.4, -0.2) is 22.8 Å². The molecule has 1 heterocycles. The van der Waals surface area contributed by atoms with Gasteiger partial charge < -0.3 is 14.4 Å². The van der Waals surface area contributed by atoms with E-state index in [1.807, 2.05) is 6.92 Å². The fourth-order valence-corrected chi connectivity index (χ4v) is 1.82. The largest absolute Gasteiger partial charge is 0.504 e. The normalized spacial score (nSPS) is 13.2. The highest BCUT2D eigenvalue weighted by Crippen LogP contribution is 2.27. The van der Waals surface area contributed by atoms with Crippen LogP contribution in [-0.2, 0) is 16.6 Å². The molecule has 0 aliphatic carbocycles. The van der Waals surface area contributed by atoms with E-state index in [1.54, 1.807) is 19.3 Å². The Bertz CT molecular complexity index is 516. The van der Waals surface area contributed by atoms with Crippen molar-refractivity contribution in [1.82, 2.24) is 4.57 Å². The molecule has 18 heavy (non-hydrogen) atoms. The zero-order valence-corrected chi connectivity index (χ0v) is 10.7. The van der Waals surface area contributed by atoms with Gasteiger partial charge in [0.25, 0.3) is 5.56 Å². The zero-order chi connectivity index (χ0) is 13.7. The highest BCUT2D eigenvalue weighted by molar-refractivity contribution is 5.88. The molecule has 0 saturated heterocycles. The number of aliphatic carboxylic acids is 1. The summed E-state index contributed by atoms with van der Waals surface area (Å²) in [6, 6.07) is 3.21. The molecular formula is C13H17NO4. The van der Waals surface area contributed by atoms with Gasteiger partial charge in [0.05, 0.1) is 18.9 Å². The quantitative estimate of drug-likeness (QED) is 0.636. The molecule has 1 atom stereocenters. The number of aryl methyl sites for hydroxylation is 1. The summed E-state index contributed by atoms with van der Waals surface area (Å²) in [5.41, 5.74) is 0.674. The third-order valence-corrected chi connectivity index (χ3v) is 2.81. The molecule has 0 aliphatic rings. The molecule has 1 aromatic heterocycles. The van der Waals surface area contributed by atoms with Crippen LogP contribution in [0.5, 0.6) is 0 Å². The Hall–Kier alpha value is -2.04. The number of carboxylic acids is 1. The van der Waals surface area contributed by atoms with Crippen LogP contribution in [0.15, 0.2) is 35.0 Å². The molecule has 0 aromatic carbocycles. The van der Waals surface area contributed by atoms with Gasteiger partial charge >= 0.3 is 5.97 Å². The lowest BCUT2D eigenvalue weighted by Crippen LogP contribution is -2.18. The van der Waals surface area contributed by atoms with Crippen LogP contribution >= 0.6 is 0 Å². The number of methoxy groups -OCH3 is 1. The van der Waals surface area contributed by atoms with Gasteiger partial charge in [-0.3, -0.25) is 4.79 Å². The molecule has 0 radical (unpaired) electrons. The average Bonchev–Trinajstić information content (AvgIpc) is 2.33. The minimum atomic E-state index is -1.04. The van der Waals surface area contributed by atoms with Crippen molar-refractivity contribution in [1.29, 1.82) is 0 Å². The number of carbonyl (C=O) groups is 1. The van der Waals surface area contributed by atoms with Gasteiger partial charge in [0.1, 0.15) is 0 Å². The summed E-state index contributed by atoms with van der Waals surface area (Å²) in [5.74, 6) is -1.39. The number of hydrogen-bond acceptors (Lipinski definition) is 3. The van der Waals surface area contributed by atoms with E-state index in [0.29, 0.717) is 12.0 Å². The molecule has 0 aliphatic heterocycles. The van der Waals surface area contributed by atoms with Gasteiger partial charge in [-0.1, -0.05) is 6.92 Å². The third kappa shape index (κ3) is 3.00. The minimum absolute atomic E-state index is 0.147. The van der Waals surface area contributed by atoms with Gasteiger partial charge in [-0.05, 0) is 18.1 Å². The van der Waals surface area contributed by atoms with E-state index in [-0.39, 0.29) is 17.1 Å². The molecule has 0 bridgehead atoms. The lowest BCUT2D eigenvalue weighted by atomic mass is 9.90. The summed E-state index contributed by atoms with van der Waals surface area (Å²) in [7, 11) is 3.05. The van der Waals surface area contributed by atoms with Crippen molar-refractivity contribution in [2.24, 2.45) is 7.05 Å². The maximum Gasteiger partial charge on any atom is 0.335 e. The minimum Gasteiger partial charge on any atom is -0.504 e. The summed E-state index contributed by atoms with van der Waals surface area (Å²) in [5, 5.41) is 9.16. The maximum atomic E-state index is 11.6. The Labute approximate surface area is 105 Å². The van der Waals surface area contributed by atoms with Crippen molar-refractivity contribution >= 4 is 5.97 Å². The summed E-state index contributed by atoms with van der Waals surface area (Å²) < 4.78 is 6.24. The topological polar surface area (TPSA) is 68.5 Å². The van der Waals surface area contributed by atoms with E-state index in [2.05, 4.69) is 0 Å². The van der Waals surface area contributed by atoms with Crippen LogP contribution < -0.4 is 5.56 Å². The van der Waals surface area contributed by atoms with Gasteiger partial charge in [-0.25, -0.2) is 4.79 Å². The van der Waals surface area contributed by atoms with E-state index < -0.39 is 5.97 Å². The number of pyridine rings is 1. The van der Waals surface area contributed by atoms with Gasteiger partial charge in [0, 0.05) is 25.2 Å². The Morgan fingerprint density at radius 2 is 2.28 bits per heavy atom.